The Labute approximate surface area is 145 Å². The summed E-state index contributed by atoms with van der Waals surface area (Å²) in [5, 5.41) is 17.1. The normalized spacial score (nSPS) is 25.1. The second kappa shape index (κ2) is 7.18. The minimum atomic E-state index is -0.691. The molecule has 1 aromatic carbocycles. The molecule has 1 saturated heterocycles. The molecule has 134 valence electrons. The Hall–Kier alpha value is -2.48. The Kier molecular flexibility index (Phi) is 4.98. The first-order valence-electron chi connectivity index (χ1n) is 8.42. The van der Waals surface area contributed by atoms with E-state index in [9.17, 15) is 19.7 Å². The van der Waals surface area contributed by atoms with Gasteiger partial charge >= 0.3 is 5.97 Å². The number of carbonyl (C=O) groups is 2. The first-order chi connectivity index (χ1) is 12.0. The van der Waals surface area contributed by atoms with Crippen molar-refractivity contribution in [2.45, 2.75) is 44.2 Å². The molecule has 2 aliphatic rings. The molecule has 1 aliphatic carbocycles. The molecule has 0 radical (unpaired) electrons. The number of amides is 1. The summed E-state index contributed by atoms with van der Waals surface area (Å²) in [6.07, 6.45) is 5.36. The molecular weight excluding hydrogens is 326 g/mol. The quantitative estimate of drug-likeness (QED) is 0.491. The van der Waals surface area contributed by atoms with Gasteiger partial charge in [-0.2, -0.15) is 0 Å². The number of nitrogens with zero attached hydrogens (tertiary/aromatic N) is 1. The van der Waals surface area contributed by atoms with Crippen LogP contribution in [-0.2, 0) is 9.53 Å². The number of anilines is 1. The number of nitro benzene ring substituents is 1. The lowest BCUT2D eigenvalue weighted by Gasteiger charge is -2.24. The number of fused-ring (bicyclic) bond motifs is 1. The number of hydrogen-bond acceptors (Lipinski definition) is 6. The Bertz CT molecular complexity index is 692. The molecule has 25 heavy (non-hydrogen) atoms. The van der Waals surface area contributed by atoms with Crippen LogP contribution in [0.3, 0.4) is 0 Å². The molecule has 2 fully saturated rings. The maximum Gasteiger partial charge on any atom is 0.338 e. The molecular formula is C17H21N3O5. The smallest absolute Gasteiger partial charge is 0.338 e. The first-order valence-corrected chi connectivity index (χ1v) is 8.42. The molecule has 8 heteroatoms. The lowest BCUT2D eigenvalue weighted by Crippen LogP contribution is -2.39. The number of nitrogens with one attached hydrogen (secondary N) is 2. The van der Waals surface area contributed by atoms with E-state index in [1.807, 2.05) is 0 Å². The average Bonchev–Trinajstić information content (AvgIpc) is 3.05. The van der Waals surface area contributed by atoms with E-state index in [0.717, 1.165) is 25.3 Å². The molecule has 0 bridgehead atoms. The van der Waals surface area contributed by atoms with Crippen LogP contribution in [0.2, 0.25) is 0 Å². The largest absolute Gasteiger partial charge is 0.465 e. The standard InChI is InChI=1S/C17H21N3O5/c1-25-17(22)11-6-12(9-13(7-11)20(23)24)18-16(21)15-8-10-4-2-3-5-14(10)19-15/h6-7,9-10,14-15,19H,2-5,8H2,1H3,(H,18,21). The summed E-state index contributed by atoms with van der Waals surface area (Å²) >= 11 is 0. The van der Waals surface area contributed by atoms with Gasteiger partial charge in [-0.05, 0) is 31.2 Å². The van der Waals surface area contributed by atoms with Gasteiger partial charge in [-0.3, -0.25) is 14.9 Å². The van der Waals surface area contributed by atoms with Crippen molar-refractivity contribution in [3.05, 3.63) is 33.9 Å². The van der Waals surface area contributed by atoms with E-state index in [0.29, 0.717) is 12.0 Å². The number of benzene rings is 1. The molecule has 1 saturated carbocycles. The van der Waals surface area contributed by atoms with Crippen molar-refractivity contribution < 1.29 is 19.2 Å². The molecule has 3 rings (SSSR count). The third kappa shape index (κ3) is 3.79. The predicted molar refractivity (Wildman–Crippen MR) is 90.4 cm³/mol. The minimum Gasteiger partial charge on any atom is -0.465 e. The van der Waals surface area contributed by atoms with Crippen LogP contribution in [0.1, 0.15) is 42.5 Å². The monoisotopic (exact) mass is 347 g/mol. The Morgan fingerprint density at radius 1 is 1.28 bits per heavy atom. The third-order valence-electron chi connectivity index (χ3n) is 5.00. The van der Waals surface area contributed by atoms with Crippen LogP contribution < -0.4 is 10.6 Å². The topological polar surface area (TPSA) is 111 Å². The van der Waals surface area contributed by atoms with Crippen LogP contribution in [0, 0.1) is 16.0 Å². The number of non-ortho nitro benzene ring substituents is 1. The molecule has 1 amide bonds. The van der Waals surface area contributed by atoms with E-state index >= 15 is 0 Å². The van der Waals surface area contributed by atoms with Gasteiger partial charge in [-0.15, -0.1) is 0 Å². The number of hydrogen-bond donors (Lipinski definition) is 2. The maximum absolute atomic E-state index is 12.5. The highest BCUT2D eigenvalue weighted by Gasteiger charge is 2.38. The van der Waals surface area contributed by atoms with Gasteiger partial charge in [0.1, 0.15) is 0 Å². The Morgan fingerprint density at radius 2 is 2.04 bits per heavy atom. The molecule has 0 aromatic heterocycles. The van der Waals surface area contributed by atoms with Gasteiger partial charge in [0.05, 0.1) is 23.6 Å². The number of rotatable bonds is 4. The van der Waals surface area contributed by atoms with Crippen molar-refractivity contribution in [3.63, 3.8) is 0 Å². The van der Waals surface area contributed by atoms with Crippen LogP contribution in [0.15, 0.2) is 18.2 Å². The first kappa shape index (κ1) is 17.3. The SMILES string of the molecule is COC(=O)c1cc(NC(=O)C2CC3CCCCC3N2)cc([N+](=O)[O-])c1. The summed E-state index contributed by atoms with van der Waals surface area (Å²) in [4.78, 5) is 34.7. The fourth-order valence-corrected chi connectivity index (χ4v) is 3.77. The molecule has 2 N–H and O–H groups in total. The number of methoxy groups -OCH3 is 1. The number of nitro groups is 1. The lowest BCUT2D eigenvalue weighted by atomic mass is 9.85. The van der Waals surface area contributed by atoms with Crippen molar-refractivity contribution in [1.29, 1.82) is 0 Å². The Balaban J connectivity index is 1.75. The van der Waals surface area contributed by atoms with Crippen molar-refractivity contribution in [1.82, 2.24) is 5.32 Å². The molecule has 1 aromatic rings. The molecule has 1 heterocycles. The number of carbonyl (C=O) groups excluding carboxylic acids is 2. The van der Waals surface area contributed by atoms with Crippen LogP contribution in [0.5, 0.6) is 0 Å². The van der Waals surface area contributed by atoms with Crippen LogP contribution in [0.4, 0.5) is 11.4 Å². The molecule has 3 unspecified atom stereocenters. The molecule has 8 nitrogen and oxygen atoms in total. The van der Waals surface area contributed by atoms with Gasteiger partial charge in [0, 0.05) is 23.9 Å². The second-order valence-electron chi connectivity index (χ2n) is 6.61. The van der Waals surface area contributed by atoms with Crippen molar-refractivity contribution >= 4 is 23.3 Å². The van der Waals surface area contributed by atoms with Crippen molar-refractivity contribution in [3.8, 4) is 0 Å². The minimum absolute atomic E-state index is 0.0278. The summed E-state index contributed by atoms with van der Waals surface area (Å²) in [5.41, 5.74) is -0.0254. The van der Waals surface area contributed by atoms with Crippen LogP contribution in [-0.4, -0.2) is 36.0 Å². The van der Waals surface area contributed by atoms with E-state index in [1.165, 1.54) is 32.1 Å². The highest BCUT2D eigenvalue weighted by molar-refractivity contribution is 5.97. The number of esters is 1. The zero-order valence-electron chi connectivity index (χ0n) is 14.0. The summed E-state index contributed by atoms with van der Waals surface area (Å²) in [6, 6.07) is 3.82. The fraction of sp³-hybridized carbons (Fsp3) is 0.529. The van der Waals surface area contributed by atoms with E-state index in [-0.39, 0.29) is 28.9 Å². The predicted octanol–water partition coefficient (Wildman–Crippen LogP) is 2.24. The lowest BCUT2D eigenvalue weighted by molar-refractivity contribution is -0.384. The van der Waals surface area contributed by atoms with Crippen LogP contribution in [0.25, 0.3) is 0 Å². The summed E-state index contributed by atoms with van der Waals surface area (Å²) in [7, 11) is 1.20. The molecule has 3 atom stereocenters. The third-order valence-corrected chi connectivity index (χ3v) is 5.00. The zero-order valence-corrected chi connectivity index (χ0v) is 14.0. The number of ether oxygens (including phenoxy) is 1. The summed E-state index contributed by atoms with van der Waals surface area (Å²) < 4.78 is 4.61. The zero-order chi connectivity index (χ0) is 18.0. The highest BCUT2D eigenvalue weighted by Crippen LogP contribution is 2.33. The highest BCUT2D eigenvalue weighted by atomic mass is 16.6. The van der Waals surface area contributed by atoms with Gasteiger partial charge in [-0.25, -0.2) is 4.79 Å². The second-order valence-corrected chi connectivity index (χ2v) is 6.61. The fourth-order valence-electron chi connectivity index (χ4n) is 3.77. The van der Waals surface area contributed by atoms with Crippen LogP contribution >= 0.6 is 0 Å². The van der Waals surface area contributed by atoms with Gasteiger partial charge in [0.25, 0.3) is 5.69 Å². The average molecular weight is 347 g/mol. The Morgan fingerprint density at radius 3 is 2.72 bits per heavy atom. The van der Waals surface area contributed by atoms with Gasteiger partial charge < -0.3 is 15.4 Å². The molecule has 0 spiro atoms. The summed E-state index contributed by atoms with van der Waals surface area (Å²) in [5.74, 6) is -0.407. The van der Waals surface area contributed by atoms with Gasteiger partial charge in [0.15, 0.2) is 0 Å². The molecule has 1 aliphatic heterocycles. The van der Waals surface area contributed by atoms with E-state index in [2.05, 4.69) is 15.4 Å². The van der Waals surface area contributed by atoms with E-state index in [1.54, 1.807) is 0 Å². The van der Waals surface area contributed by atoms with Gasteiger partial charge in [-0.1, -0.05) is 12.8 Å². The van der Waals surface area contributed by atoms with E-state index in [4.69, 9.17) is 0 Å². The van der Waals surface area contributed by atoms with Crippen molar-refractivity contribution in [2.24, 2.45) is 5.92 Å². The maximum atomic E-state index is 12.5. The summed E-state index contributed by atoms with van der Waals surface area (Å²) in [6.45, 7) is 0. The van der Waals surface area contributed by atoms with Crippen molar-refractivity contribution in [2.75, 3.05) is 12.4 Å². The van der Waals surface area contributed by atoms with E-state index < -0.39 is 10.9 Å². The van der Waals surface area contributed by atoms with Gasteiger partial charge in [0.2, 0.25) is 5.91 Å².